The topological polar surface area (TPSA) is 76.7 Å². The number of likely N-dealkylation sites (N-methyl/N-ethyl adjacent to an activating group) is 1. The summed E-state index contributed by atoms with van der Waals surface area (Å²) in [7, 11) is 1.39. The van der Waals surface area contributed by atoms with E-state index in [0.29, 0.717) is 24.7 Å². The Labute approximate surface area is 174 Å². The second-order valence-electron chi connectivity index (χ2n) is 6.49. The van der Waals surface area contributed by atoms with Crippen LogP contribution < -0.4 is 20.1 Å². The van der Waals surface area contributed by atoms with Crippen LogP contribution >= 0.6 is 0 Å². The van der Waals surface area contributed by atoms with Crippen molar-refractivity contribution in [1.29, 1.82) is 0 Å². The molecule has 0 spiro atoms. The molecule has 2 rings (SSSR count). The van der Waals surface area contributed by atoms with Gasteiger partial charge in [0.25, 0.3) is 5.91 Å². The van der Waals surface area contributed by atoms with Crippen molar-refractivity contribution in [1.82, 2.24) is 10.6 Å². The fourth-order valence-electron chi connectivity index (χ4n) is 2.71. The lowest BCUT2D eigenvalue weighted by molar-refractivity contribution is -0.122. The van der Waals surface area contributed by atoms with Gasteiger partial charge >= 0.3 is 0 Å². The molecule has 162 valence electrons. The van der Waals surface area contributed by atoms with Gasteiger partial charge in [0.15, 0.2) is 23.1 Å². The summed E-state index contributed by atoms with van der Waals surface area (Å²) < 4.78 is 38.1. The molecular formula is C22H26F2N2O4. The average Bonchev–Trinajstić information content (AvgIpc) is 2.74. The molecule has 1 atom stereocenters. The number of unbranched alkanes of at least 4 members (excludes halogenated alkanes) is 1. The van der Waals surface area contributed by atoms with Crippen LogP contribution in [0.4, 0.5) is 8.78 Å². The van der Waals surface area contributed by atoms with Gasteiger partial charge in [-0.3, -0.25) is 9.59 Å². The first kappa shape index (κ1) is 23.1. The minimum absolute atomic E-state index is 0.117. The van der Waals surface area contributed by atoms with E-state index in [0.717, 1.165) is 25.0 Å². The zero-order chi connectivity index (χ0) is 22.1. The van der Waals surface area contributed by atoms with Gasteiger partial charge in [-0.05, 0) is 49.2 Å². The molecule has 6 nitrogen and oxygen atoms in total. The summed E-state index contributed by atoms with van der Waals surface area (Å²) in [4.78, 5) is 25.0. The SMILES string of the molecule is CCCCOc1ccc(C(=O)NC(C(=O)NC)c2ccc(F)c(F)c2)cc1OCC. The maximum Gasteiger partial charge on any atom is 0.252 e. The van der Waals surface area contributed by atoms with Gasteiger partial charge in [-0.1, -0.05) is 19.4 Å². The molecule has 0 radical (unpaired) electrons. The molecule has 0 saturated carbocycles. The van der Waals surface area contributed by atoms with Crippen LogP contribution in [0.25, 0.3) is 0 Å². The van der Waals surface area contributed by atoms with Crippen LogP contribution in [0.2, 0.25) is 0 Å². The molecule has 0 aromatic heterocycles. The minimum atomic E-state index is -1.20. The summed E-state index contributed by atoms with van der Waals surface area (Å²) in [5.74, 6) is -2.37. The number of halogens is 2. The van der Waals surface area contributed by atoms with Gasteiger partial charge in [-0.2, -0.15) is 0 Å². The molecule has 0 heterocycles. The lowest BCUT2D eigenvalue weighted by atomic mass is 10.0. The lowest BCUT2D eigenvalue weighted by Gasteiger charge is -2.19. The number of hydrogen-bond donors (Lipinski definition) is 2. The molecule has 0 fully saturated rings. The summed E-state index contributed by atoms with van der Waals surface area (Å²) in [6.07, 6.45) is 1.87. The van der Waals surface area contributed by atoms with Crippen molar-refractivity contribution >= 4 is 11.8 Å². The van der Waals surface area contributed by atoms with Crippen LogP contribution in [0, 0.1) is 11.6 Å². The third-order valence-corrected chi connectivity index (χ3v) is 4.32. The summed E-state index contributed by atoms with van der Waals surface area (Å²) in [5, 5.41) is 4.96. The van der Waals surface area contributed by atoms with Crippen molar-refractivity contribution in [3.8, 4) is 11.5 Å². The Bertz CT molecular complexity index is 889. The second kappa shape index (κ2) is 11.1. The predicted molar refractivity (Wildman–Crippen MR) is 109 cm³/mol. The summed E-state index contributed by atoms with van der Waals surface area (Å²) >= 11 is 0. The minimum Gasteiger partial charge on any atom is -0.490 e. The van der Waals surface area contributed by atoms with Crippen LogP contribution in [0.5, 0.6) is 11.5 Å². The summed E-state index contributed by atoms with van der Waals surface area (Å²) in [5.41, 5.74) is 0.351. The van der Waals surface area contributed by atoms with Crippen molar-refractivity contribution in [3.63, 3.8) is 0 Å². The maximum atomic E-state index is 13.6. The molecule has 8 heteroatoms. The number of nitrogens with one attached hydrogen (secondary N) is 2. The Hall–Kier alpha value is -3.16. The quantitative estimate of drug-likeness (QED) is 0.574. The van der Waals surface area contributed by atoms with Gasteiger partial charge < -0.3 is 20.1 Å². The third kappa shape index (κ3) is 5.92. The van der Waals surface area contributed by atoms with E-state index in [1.807, 2.05) is 6.92 Å². The highest BCUT2D eigenvalue weighted by atomic mass is 19.2. The number of carbonyl (C=O) groups is 2. The van der Waals surface area contributed by atoms with Gasteiger partial charge in [0.2, 0.25) is 5.91 Å². The van der Waals surface area contributed by atoms with Gasteiger partial charge in [0.05, 0.1) is 13.2 Å². The van der Waals surface area contributed by atoms with E-state index in [-0.39, 0.29) is 11.1 Å². The first-order valence-corrected chi connectivity index (χ1v) is 9.78. The van der Waals surface area contributed by atoms with Crippen molar-refractivity contribution in [2.45, 2.75) is 32.7 Å². The molecule has 30 heavy (non-hydrogen) atoms. The Kier molecular flexibility index (Phi) is 8.58. The Morgan fingerprint density at radius 1 is 1.00 bits per heavy atom. The summed E-state index contributed by atoms with van der Waals surface area (Å²) in [6, 6.07) is 6.52. The van der Waals surface area contributed by atoms with Crippen molar-refractivity contribution < 1.29 is 27.8 Å². The summed E-state index contributed by atoms with van der Waals surface area (Å²) in [6.45, 7) is 4.77. The van der Waals surface area contributed by atoms with Crippen LogP contribution in [-0.4, -0.2) is 32.1 Å². The third-order valence-electron chi connectivity index (χ3n) is 4.32. The lowest BCUT2D eigenvalue weighted by Crippen LogP contribution is -2.39. The van der Waals surface area contributed by atoms with Crippen molar-refractivity contribution in [2.24, 2.45) is 0 Å². The molecule has 1 unspecified atom stereocenters. The van der Waals surface area contributed by atoms with Crippen LogP contribution in [0.1, 0.15) is 48.7 Å². The molecule has 2 amide bonds. The van der Waals surface area contributed by atoms with Gasteiger partial charge in [0.1, 0.15) is 6.04 Å². The predicted octanol–water partition coefficient (Wildman–Crippen LogP) is 3.76. The molecule has 0 aliphatic carbocycles. The zero-order valence-corrected chi connectivity index (χ0v) is 17.3. The van der Waals surface area contributed by atoms with Crippen molar-refractivity contribution in [2.75, 3.05) is 20.3 Å². The molecule has 0 bridgehead atoms. The molecule has 2 N–H and O–H groups in total. The van der Waals surface area contributed by atoms with Crippen LogP contribution in [0.3, 0.4) is 0 Å². The average molecular weight is 420 g/mol. The Morgan fingerprint density at radius 3 is 2.40 bits per heavy atom. The van der Waals surface area contributed by atoms with Crippen LogP contribution in [0.15, 0.2) is 36.4 Å². The number of ether oxygens (including phenoxy) is 2. The molecule has 0 aliphatic rings. The van der Waals surface area contributed by atoms with E-state index < -0.39 is 29.5 Å². The molecule has 2 aromatic rings. The maximum absolute atomic E-state index is 13.6. The Morgan fingerprint density at radius 2 is 1.77 bits per heavy atom. The van der Waals surface area contributed by atoms with Gasteiger partial charge in [-0.15, -0.1) is 0 Å². The van der Waals surface area contributed by atoms with E-state index in [9.17, 15) is 18.4 Å². The van der Waals surface area contributed by atoms with Crippen LogP contribution in [-0.2, 0) is 4.79 Å². The highest BCUT2D eigenvalue weighted by Gasteiger charge is 2.24. The van der Waals surface area contributed by atoms with Crippen molar-refractivity contribution in [3.05, 3.63) is 59.2 Å². The molecular weight excluding hydrogens is 394 g/mol. The highest BCUT2D eigenvalue weighted by molar-refractivity contribution is 5.98. The fraction of sp³-hybridized carbons (Fsp3) is 0.364. The zero-order valence-electron chi connectivity index (χ0n) is 17.3. The van der Waals surface area contributed by atoms with E-state index >= 15 is 0 Å². The number of rotatable bonds is 10. The fourth-order valence-corrected chi connectivity index (χ4v) is 2.71. The van der Waals surface area contributed by atoms with E-state index in [1.54, 1.807) is 12.1 Å². The molecule has 2 aromatic carbocycles. The van der Waals surface area contributed by atoms with Gasteiger partial charge in [0, 0.05) is 12.6 Å². The van der Waals surface area contributed by atoms with E-state index in [4.69, 9.17) is 9.47 Å². The first-order chi connectivity index (χ1) is 14.4. The Balaban J connectivity index is 2.26. The molecule has 0 aliphatic heterocycles. The highest BCUT2D eigenvalue weighted by Crippen LogP contribution is 2.29. The van der Waals surface area contributed by atoms with Gasteiger partial charge in [-0.25, -0.2) is 8.78 Å². The second-order valence-corrected chi connectivity index (χ2v) is 6.49. The number of benzene rings is 2. The van der Waals surface area contributed by atoms with E-state index in [2.05, 4.69) is 17.6 Å². The largest absolute Gasteiger partial charge is 0.490 e. The number of hydrogen-bond acceptors (Lipinski definition) is 4. The number of amides is 2. The molecule has 0 saturated heterocycles. The number of carbonyl (C=O) groups excluding carboxylic acids is 2. The first-order valence-electron chi connectivity index (χ1n) is 9.78. The standard InChI is InChI=1S/C22H26F2N2O4/c1-4-6-11-30-18-10-8-15(13-19(18)29-5-2)21(27)26-20(22(28)25-3)14-7-9-16(23)17(24)12-14/h7-10,12-13,20H,4-6,11H2,1-3H3,(H,25,28)(H,26,27). The normalized spacial score (nSPS) is 11.5. The monoisotopic (exact) mass is 420 g/mol. The smallest absolute Gasteiger partial charge is 0.252 e. The van der Waals surface area contributed by atoms with E-state index in [1.165, 1.54) is 19.2 Å².